The molecule has 98 valence electrons. The molecule has 1 heterocycles. The number of hydrogen-bond donors (Lipinski definition) is 1. The zero-order chi connectivity index (χ0) is 13.7. The highest BCUT2D eigenvalue weighted by molar-refractivity contribution is 7.07. The third-order valence-electron chi connectivity index (χ3n) is 2.63. The van der Waals surface area contributed by atoms with Gasteiger partial charge in [-0.05, 0) is 23.8 Å². The molecule has 2 aromatic rings. The van der Waals surface area contributed by atoms with Crippen molar-refractivity contribution in [3.63, 3.8) is 0 Å². The lowest BCUT2D eigenvalue weighted by atomic mass is 10.2. The lowest BCUT2D eigenvalue weighted by Crippen LogP contribution is -2.16. The van der Waals surface area contributed by atoms with Crippen LogP contribution in [0, 0.1) is 0 Å². The van der Waals surface area contributed by atoms with Crippen molar-refractivity contribution in [2.45, 2.75) is 6.54 Å². The number of anilines is 1. The number of thiazole rings is 1. The number of aromatic nitrogens is 1. The number of aliphatic carboxylic acids is 1. The molecule has 19 heavy (non-hydrogen) atoms. The van der Waals surface area contributed by atoms with Gasteiger partial charge in [-0.15, -0.1) is 11.3 Å². The highest BCUT2D eigenvalue weighted by Crippen LogP contribution is 2.17. The summed E-state index contributed by atoms with van der Waals surface area (Å²) in [5.41, 5.74) is 4.80. The van der Waals surface area contributed by atoms with Crippen LogP contribution in [0.2, 0.25) is 0 Å². The van der Waals surface area contributed by atoms with Gasteiger partial charge in [-0.1, -0.05) is 12.1 Å². The Morgan fingerprint density at radius 1 is 1.42 bits per heavy atom. The fourth-order valence-corrected chi connectivity index (χ4v) is 2.21. The van der Waals surface area contributed by atoms with E-state index in [1.165, 1.54) is 0 Å². The Morgan fingerprint density at radius 3 is 2.74 bits per heavy atom. The lowest BCUT2D eigenvalue weighted by Gasteiger charge is -2.18. The van der Waals surface area contributed by atoms with E-state index in [2.05, 4.69) is 9.88 Å². The second-order valence-electron chi connectivity index (χ2n) is 4.10. The molecule has 0 atom stereocenters. The van der Waals surface area contributed by atoms with Crippen LogP contribution < -0.4 is 4.90 Å². The fourth-order valence-electron chi connectivity index (χ4n) is 1.66. The molecule has 1 aromatic carbocycles. The molecule has 0 amide bonds. The highest BCUT2D eigenvalue weighted by atomic mass is 32.1. The van der Waals surface area contributed by atoms with Gasteiger partial charge < -0.3 is 10.0 Å². The Kier molecular flexibility index (Phi) is 4.30. The summed E-state index contributed by atoms with van der Waals surface area (Å²) in [6.07, 6.45) is 2.71. The molecule has 5 heteroatoms. The largest absolute Gasteiger partial charge is 0.478 e. The van der Waals surface area contributed by atoms with Crippen LogP contribution in [0.5, 0.6) is 0 Å². The average Bonchev–Trinajstić information content (AvgIpc) is 2.89. The zero-order valence-corrected chi connectivity index (χ0v) is 11.3. The lowest BCUT2D eigenvalue weighted by molar-refractivity contribution is -0.131. The third-order valence-corrected chi connectivity index (χ3v) is 3.27. The van der Waals surface area contributed by atoms with Crippen molar-refractivity contribution in [1.82, 2.24) is 4.98 Å². The maximum absolute atomic E-state index is 10.4. The molecule has 0 aliphatic carbocycles. The number of benzene rings is 1. The van der Waals surface area contributed by atoms with Crippen molar-refractivity contribution in [3.05, 3.63) is 52.5 Å². The number of carboxylic acid groups (broad SMARTS) is 1. The minimum Gasteiger partial charge on any atom is -0.478 e. The summed E-state index contributed by atoms with van der Waals surface area (Å²) < 4.78 is 0. The molecule has 0 fully saturated rings. The van der Waals surface area contributed by atoms with Crippen LogP contribution in [0.1, 0.15) is 11.3 Å². The van der Waals surface area contributed by atoms with Crippen LogP contribution in [-0.4, -0.2) is 23.1 Å². The first kappa shape index (κ1) is 13.3. The number of hydrogen-bond acceptors (Lipinski definition) is 4. The molecule has 0 radical (unpaired) electrons. The van der Waals surface area contributed by atoms with Gasteiger partial charge in [0.25, 0.3) is 0 Å². The highest BCUT2D eigenvalue weighted by Gasteiger charge is 2.03. The molecule has 1 aromatic heterocycles. The van der Waals surface area contributed by atoms with Gasteiger partial charge in [-0.25, -0.2) is 9.78 Å². The summed E-state index contributed by atoms with van der Waals surface area (Å²) in [4.78, 5) is 16.8. The van der Waals surface area contributed by atoms with E-state index >= 15 is 0 Å². The van der Waals surface area contributed by atoms with Crippen molar-refractivity contribution < 1.29 is 9.90 Å². The van der Waals surface area contributed by atoms with Gasteiger partial charge in [0.2, 0.25) is 0 Å². The van der Waals surface area contributed by atoms with E-state index in [9.17, 15) is 4.79 Å². The number of carbonyl (C=O) groups is 1. The maximum Gasteiger partial charge on any atom is 0.328 e. The monoisotopic (exact) mass is 274 g/mol. The molecular weight excluding hydrogens is 260 g/mol. The molecule has 0 aliphatic rings. The Morgan fingerprint density at radius 2 is 2.16 bits per heavy atom. The normalized spacial score (nSPS) is 10.8. The summed E-state index contributed by atoms with van der Waals surface area (Å²) in [5.74, 6) is -0.940. The molecule has 0 saturated heterocycles. The summed E-state index contributed by atoms with van der Waals surface area (Å²) in [5, 5.41) is 10.6. The van der Waals surface area contributed by atoms with E-state index in [4.69, 9.17) is 5.11 Å². The first-order chi connectivity index (χ1) is 9.15. The zero-order valence-electron chi connectivity index (χ0n) is 10.5. The predicted octanol–water partition coefficient (Wildman–Crippen LogP) is 2.88. The second kappa shape index (κ2) is 6.15. The predicted molar refractivity (Wildman–Crippen MR) is 77.3 cm³/mol. The summed E-state index contributed by atoms with van der Waals surface area (Å²) >= 11 is 1.59. The van der Waals surface area contributed by atoms with Gasteiger partial charge in [-0.2, -0.15) is 0 Å². The van der Waals surface area contributed by atoms with E-state index in [1.807, 2.05) is 42.2 Å². The molecular formula is C14H14N2O2S. The topological polar surface area (TPSA) is 53.4 Å². The molecule has 1 N–H and O–H groups in total. The molecule has 2 rings (SSSR count). The first-order valence-electron chi connectivity index (χ1n) is 5.74. The van der Waals surface area contributed by atoms with Crippen molar-refractivity contribution in [3.8, 4) is 0 Å². The van der Waals surface area contributed by atoms with Crippen LogP contribution in [0.4, 0.5) is 5.69 Å². The molecule has 4 nitrogen and oxygen atoms in total. The Labute approximate surface area is 115 Å². The minimum atomic E-state index is -0.940. The van der Waals surface area contributed by atoms with E-state index in [0.29, 0.717) is 0 Å². The Hall–Kier alpha value is -2.14. The van der Waals surface area contributed by atoms with Crippen LogP contribution >= 0.6 is 11.3 Å². The van der Waals surface area contributed by atoms with Crippen molar-refractivity contribution in [1.29, 1.82) is 0 Å². The molecule has 0 saturated carbocycles. The fraction of sp³-hybridized carbons (Fsp3) is 0.143. The van der Waals surface area contributed by atoms with Crippen molar-refractivity contribution >= 4 is 29.1 Å². The van der Waals surface area contributed by atoms with Gasteiger partial charge >= 0.3 is 5.97 Å². The molecule has 0 bridgehead atoms. The molecule has 0 unspecified atom stereocenters. The van der Waals surface area contributed by atoms with Crippen molar-refractivity contribution in [2.75, 3.05) is 11.9 Å². The SMILES string of the molecule is CN(Cc1cscn1)c1ccc(C=CC(=O)O)cc1. The average molecular weight is 274 g/mol. The van der Waals surface area contributed by atoms with Crippen molar-refractivity contribution in [2.24, 2.45) is 0 Å². The Bertz CT molecular complexity index is 562. The van der Waals surface area contributed by atoms with E-state index < -0.39 is 5.97 Å². The third kappa shape index (κ3) is 3.93. The van der Waals surface area contributed by atoms with Crippen LogP contribution in [-0.2, 0) is 11.3 Å². The van der Waals surface area contributed by atoms with Gasteiger partial charge in [-0.3, -0.25) is 0 Å². The van der Waals surface area contributed by atoms with Gasteiger partial charge in [0.15, 0.2) is 0 Å². The number of carboxylic acids is 1. The molecule has 0 aliphatic heterocycles. The smallest absolute Gasteiger partial charge is 0.328 e. The number of rotatable bonds is 5. The maximum atomic E-state index is 10.4. The minimum absolute atomic E-state index is 0.758. The summed E-state index contributed by atoms with van der Waals surface area (Å²) in [7, 11) is 2.00. The molecule has 0 spiro atoms. The number of nitrogens with zero attached hydrogens (tertiary/aromatic N) is 2. The van der Waals surface area contributed by atoms with Gasteiger partial charge in [0.1, 0.15) is 0 Å². The van der Waals surface area contributed by atoms with E-state index in [-0.39, 0.29) is 0 Å². The van der Waals surface area contributed by atoms with E-state index in [0.717, 1.165) is 29.6 Å². The second-order valence-corrected chi connectivity index (χ2v) is 4.82. The summed E-state index contributed by atoms with van der Waals surface area (Å²) in [6.45, 7) is 0.758. The van der Waals surface area contributed by atoms with Crippen LogP contribution in [0.25, 0.3) is 6.08 Å². The van der Waals surface area contributed by atoms with E-state index in [1.54, 1.807) is 17.4 Å². The van der Waals surface area contributed by atoms with Crippen LogP contribution in [0.3, 0.4) is 0 Å². The van der Waals surface area contributed by atoms with Gasteiger partial charge in [0, 0.05) is 24.2 Å². The van der Waals surface area contributed by atoms with Gasteiger partial charge in [0.05, 0.1) is 17.7 Å². The summed E-state index contributed by atoms with van der Waals surface area (Å²) in [6, 6.07) is 7.72. The van der Waals surface area contributed by atoms with Crippen LogP contribution in [0.15, 0.2) is 41.2 Å². The Balaban J connectivity index is 2.03. The first-order valence-corrected chi connectivity index (χ1v) is 6.69. The quantitative estimate of drug-likeness (QED) is 0.852. The standard InChI is InChI=1S/C14H14N2O2S/c1-16(8-12-9-19-10-15-12)13-5-2-11(3-6-13)4-7-14(17)18/h2-7,9-10H,8H2,1H3,(H,17,18).